The van der Waals surface area contributed by atoms with E-state index in [-0.39, 0.29) is 29.6 Å². The van der Waals surface area contributed by atoms with Crippen LogP contribution in [0.2, 0.25) is 10.0 Å². The number of benzene rings is 1. The molecular weight excluding hydrogens is 461 g/mol. The highest BCUT2D eigenvalue weighted by Gasteiger charge is 2.51. The molecule has 2 atom stereocenters. The zero-order chi connectivity index (χ0) is 24.1. The minimum atomic E-state index is -1.26. The fourth-order valence-electron chi connectivity index (χ4n) is 3.67. The molecule has 11 heteroatoms. The second-order valence-corrected chi connectivity index (χ2v) is 8.91. The normalized spacial score (nSPS) is 16.8. The third-order valence-electron chi connectivity index (χ3n) is 5.40. The van der Waals surface area contributed by atoms with Gasteiger partial charge in [0, 0.05) is 17.9 Å². The van der Waals surface area contributed by atoms with Crippen molar-refractivity contribution in [3.8, 4) is 0 Å². The Morgan fingerprint density at radius 1 is 1.12 bits per heavy atom. The number of hydrogen-bond donors (Lipinski definition) is 3. The second-order valence-electron chi connectivity index (χ2n) is 8.07. The summed E-state index contributed by atoms with van der Waals surface area (Å²) in [5.41, 5.74) is 0.134. The fourth-order valence-corrected chi connectivity index (χ4v) is 4.17. The van der Waals surface area contributed by atoms with Crippen molar-refractivity contribution in [3.63, 3.8) is 0 Å². The Labute approximate surface area is 195 Å². The van der Waals surface area contributed by atoms with E-state index in [0.29, 0.717) is 24.2 Å². The molecular formula is C21H26Cl2N3O6+. The smallest absolute Gasteiger partial charge is 0.424 e. The van der Waals surface area contributed by atoms with Crippen molar-refractivity contribution in [2.24, 2.45) is 5.92 Å². The lowest BCUT2D eigenvalue weighted by atomic mass is 10.0. The molecule has 32 heavy (non-hydrogen) atoms. The number of quaternary nitrogens is 1. The predicted octanol–water partition coefficient (Wildman–Crippen LogP) is 2.64. The summed E-state index contributed by atoms with van der Waals surface area (Å²) in [5.74, 6) is -2.74. The van der Waals surface area contributed by atoms with Gasteiger partial charge in [0.2, 0.25) is 0 Å². The van der Waals surface area contributed by atoms with Crippen LogP contribution in [0.25, 0.3) is 0 Å². The summed E-state index contributed by atoms with van der Waals surface area (Å²) in [5, 5.41) is 14.4. The molecule has 1 aromatic rings. The van der Waals surface area contributed by atoms with Gasteiger partial charge in [0.1, 0.15) is 18.4 Å². The number of imide groups is 1. The van der Waals surface area contributed by atoms with Gasteiger partial charge in [-0.1, -0.05) is 37.0 Å². The number of hydrogen-bond acceptors (Lipinski definition) is 5. The second kappa shape index (κ2) is 10.9. The first-order valence-electron chi connectivity index (χ1n) is 10.2. The minimum Gasteiger partial charge on any atom is -0.481 e. The summed E-state index contributed by atoms with van der Waals surface area (Å²) >= 11 is 12.0. The molecule has 0 saturated carbocycles. The third-order valence-corrected chi connectivity index (χ3v) is 5.95. The Hall–Kier alpha value is -2.49. The standard InChI is InChI=1S/C21H25Cl2N3O6/c1-12(2)18(25-19(30)15-6-5-13(22)9-16(15)23)20(31)26(7-3-4-8-26)21(32)24-14(11-27)10-17(28)29/h5-6,9,11-12,14,18H,3-4,7-8,10H2,1-2H3,(H2-,24,25,28,29,30,32)/p+1/t14-,18-/m0/s1. The maximum absolute atomic E-state index is 13.6. The molecule has 0 unspecified atom stereocenters. The molecule has 9 nitrogen and oxygen atoms in total. The van der Waals surface area contributed by atoms with Gasteiger partial charge >= 0.3 is 17.9 Å². The van der Waals surface area contributed by atoms with Gasteiger partial charge in [-0.3, -0.25) is 14.9 Å². The Kier molecular flexibility index (Phi) is 8.77. The number of aldehydes is 1. The van der Waals surface area contributed by atoms with Crippen molar-refractivity contribution < 1.29 is 33.6 Å². The number of likely N-dealkylation sites (tertiary alicyclic amines) is 1. The van der Waals surface area contributed by atoms with Crippen molar-refractivity contribution in [1.29, 1.82) is 0 Å². The number of nitrogens with one attached hydrogen (secondary N) is 2. The van der Waals surface area contributed by atoms with Crippen LogP contribution in [0.4, 0.5) is 4.79 Å². The fraction of sp³-hybridized carbons (Fsp3) is 0.476. The SMILES string of the molecule is CC(C)[C@H](NC(=O)c1ccc(Cl)cc1Cl)C(=O)[N+]1(C(=O)N[C@H](C=O)CC(=O)O)CCCC1. The van der Waals surface area contributed by atoms with Gasteiger partial charge in [-0.25, -0.2) is 9.59 Å². The molecule has 0 radical (unpaired) electrons. The van der Waals surface area contributed by atoms with E-state index in [9.17, 15) is 24.0 Å². The number of carbonyl (C=O) groups is 5. The minimum absolute atomic E-state index is 0.121. The molecule has 0 aromatic heterocycles. The highest BCUT2D eigenvalue weighted by atomic mass is 35.5. The number of rotatable bonds is 8. The molecule has 1 aliphatic heterocycles. The van der Waals surface area contributed by atoms with Gasteiger partial charge in [-0.05, 0) is 24.1 Å². The highest BCUT2D eigenvalue weighted by molar-refractivity contribution is 6.36. The number of amides is 4. The van der Waals surface area contributed by atoms with E-state index < -0.39 is 46.8 Å². The lowest BCUT2D eigenvalue weighted by Gasteiger charge is -2.33. The van der Waals surface area contributed by atoms with Crippen molar-refractivity contribution in [2.45, 2.75) is 45.2 Å². The van der Waals surface area contributed by atoms with Gasteiger partial charge in [-0.15, -0.1) is 0 Å². The summed E-state index contributed by atoms with van der Waals surface area (Å²) < 4.78 is -0.624. The first kappa shape index (κ1) is 25.8. The van der Waals surface area contributed by atoms with Gasteiger partial charge in [-0.2, -0.15) is 4.48 Å². The zero-order valence-electron chi connectivity index (χ0n) is 17.8. The Bertz CT molecular complexity index is 915. The molecule has 1 aromatic carbocycles. The van der Waals surface area contributed by atoms with Crippen molar-refractivity contribution >= 4 is 53.3 Å². The van der Waals surface area contributed by atoms with Gasteiger partial charge in [0.25, 0.3) is 5.91 Å². The molecule has 0 aliphatic carbocycles. The van der Waals surface area contributed by atoms with Crippen LogP contribution < -0.4 is 10.6 Å². The van der Waals surface area contributed by atoms with Crippen LogP contribution in [0.15, 0.2) is 18.2 Å². The topological polar surface area (TPSA) is 130 Å². The number of nitrogens with zero attached hydrogens (tertiary/aromatic N) is 1. The number of urea groups is 1. The monoisotopic (exact) mass is 486 g/mol. The summed E-state index contributed by atoms with van der Waals surface area (Å²) in [7, 11) is 0. The summed E-state index contributed by atoms with van der Waals surface area (Å²) in [6, 6.07) is 1.31. The number of carboxylic acid groups (broad SMARTS) is 1. The Balaban J connectivity index is 2.29. The molecule has 1 aliphatic rings. The highest BCUT2D eigenvalue weighted by Crippen LogP contribution is 2.25. The molecule has 2 rings (SSSR count). The zero-order valence-corrected chi connectivity index (χ0v) is 19.3. The van der Waals surface area contributed by atoms with Crippen LogP contribution in [-0.4, -0.2) is 64.9 Å². The van der Waals surface area contributed by atoms with E-state index in [4.69, 9.17) is 28.3 Å². The number of aliphatic carboxylic acids is 1. The largest absolute Gasteiger partial charge is 0.481 e. The van der Waals surface area contributed by atoms with Crippen molar-refractivity contribution in [1.82, 2.24) is 10.6 Å². The predicted molar refractivity (Wildman–Crippen MR) is 117 cm³/mol. The molecule has 0 spiro atoms. The van der Waals surface area contributed by atoms with Crippen LogP contribution in [0.5, 0.6) is 0 Å². The molecule has 174 valence electrons. The molecule has 1 heterocycles. The van der Waals surface area contributed by atoms with E-state index in [1.807, 2.05) is 0 Å². The molecule has 3 N–H and O–H groups in total. The van der Waals surface area contributed by atoms with E-state index in [0.717, 1.165) is 0 Å². The van der Waals surface area contributed by atoms with E-state index in [1.165, 1.54) is 18.2 Å². The van der Waals surface area contributed by atoms with Crippen LogP contribution in [-0.2, 0) is 14.4 Å². The third kappa shape index (κ3) is 5.85. The van der Waals surface area contributed by atoms with E-state index in [2.05, 4.69) is 10.6 Å². The number of carbonyl (C=O) groups excluding carboxylic acids is 4. The van der Waals surface area contributed by atoms with Crippen LogP contribution in [0.1, 0.15) is 43.5 Å². The maximum Gasteiger partial charge on any atom is 0.424 e. The molecule has 1 saturated heterocycles. The molecule has 4 amide bonds. The van der Waals surface area contributed by atoms with Crippen molar-refractivity contribution in [2.75, 3.05) is 13.1 Å². The van der Waals surface area contributed by atoms with Gasteiger partial charge in [0.05, 0.1) is 30.1 Å². The molecule has 1 fully saturated rings. The summed E-state index contributed by atoms with van der Waals surface area (Å²) in [6.45, 7) is 3.83. The summed E-state index contributed by atoms with van der Waals surface area (Å²) in [4.78, 5) is 61.6. The number of halogens is 2. The number of carboxylic acids is 1. The Morgan fingerprint density at radius 3 is 2.25 bits per heavy atom. The van der Waals surface area contributed by atoms with Crippen molar-refractivity contribution in [3.05, 3.63) is 33.8 Å². The van der Waals surface area contributed by atoms with Crippen LogP contribution in [0, 0.1) is 5.92 Å². The Morgan fingerprint density at radius 2 is 1.75 bits per heavy atom. The average Bonchev–Trinajstić information content (AvgIpc) is 3.21. The maximum atomic E-state index is 13.6. The first-order valence-corrected chi connectivity index (χ1v) is 10.9. The average molecular weight is 487 g/mol. The van der Waals surface area contributed by atoms with Gasteiger partial charge < -0.3 is 15.2 Å². The van der Waals surface area contributed by atoms with E-state index in [1.54, 1.807) is 13.8 Å². The lowest BCUT2D eigenvalue weighted by Crippen LogP contribution is -2.66. The van der Waals surface area contributed by atoms with Crippen LogP contribution in [0.3, 0.4) is 0 Å². The first-order chi connectivity index (χ1) is 15.0. The van der Waals surface area contributed by atoms with Crippen LogP contribution >= 0.6 is 23.2 Å². The quantitative estimate of drug-likeness (QED) is 0.382. The summed E-state index contributed by atoms with van der Waals surface area (Å²) in [6.07, 6.45) is 0.910. The van der Waals surface area contributed by atoms with Gasteiger partial charge in [0.15, 0.2) is 0 Å². The van der Waals surface area contributed by atoms with E-state index >= 15 is 0 Å². The lowest BCUT2D eigenvalue weighted by molar-refractivity contribution is -0.761. The molecule has 0 bridgehead atoms.